The summed E-state index contributed by atoms with van der Waals surface area (Å²) in [6.07, 6.45) is 4.57. The summed E-state index contributed by atoms with van der Waals surface area (Å²) in [5.74, 6) is 1.56. The van der Waals surface area contributed by atoms with E-state index in [1.165, 1.54) is 18.4 Å². The van der Waals surface area contributed by atoms with Crippen LogP contribution in [0.15, 0.2) is 18.2 Å². The van der Waals surface area contributed by atoms with Crippen molar-refractivity contribution < 1.29 is 9.47 Å². The smallest absolute Gasteiger partial charge is 0.160 e. The highest BCUT2D eigenvalue weighted by atomic mass is 16.5. The summed E-state index contributed by atoms with van der Waals surface area (Å²) in [5.41, 5.74) is 7.29. The molecule has 1 aromatic rings. The molecule has 1 aromatic carbocycles. The minimum atomic E-state index is 0.324. The number of hydrogen-bond donors (Lipinski definition) is 2. The molecule has 0 spiro atoms. The van der Waals surface area contributed by atoms with Crippen LogP contribution in [0, 0.1) is 0 Å². The van der Waals surface area contributed by atoms with E-state index < -0.39 is 0 Å². The van der Waals surface area contributed by atoms with E-state index in [0.29, 0.717) is 12.1 Å². The molecule has 0 aromatic heterocycles. The van der Waals surface area contributed by atoms with Crippen molar-refractivity contribution >= 4 is 0 Å². The first-order valence-corrected chi connectivity index (χ1v) is 6.94. The third-order valence-electron chi connectivity index (χ3n) is 3.84. The summed E-state index contributed by atoms with van der Waals surface area (Å²) in [6, 6.07) is 6.88. The third-order valence-corrected chi connectivity index (χ3v) is 3.84. The molecule has 1 aliphatic rings. The second-order valence-electron chi connectivity index (χ2n) is 5.09. The summed E-state index contributed by atoms with van der Waals surface area (Å²) >= 11 is 0. The van der Waals surface area contributed by atoms with Gasteiger partial charge in [-0.2, -0.15) is 0 Å². The standard InChI is InChI=1S/C15H24N2O2/c1-18-14-7-6-11(10-15(14)19-2)8-9-17-13-5-3-4-12(13)16/h6-7,10,12-13,17H,3-5,8-9,16H2,1-2H3. The quantitative estimate of drug-likeness (QED) is 0.821. The number of nitrogens with two attached hydrogens (primary N) is 1. The minimum absolute atomic E-state index is 0.324. The van der Waals surface area contributed by atoms with Gasteiger partial charge in [0.15, 0.2) is 11.5 Å². The lowest BCUT2D eigenvalue weighted by Crippen LogP contribution is -2.41. The predicted molar refractivity (Wildman–Crippen MR) is 76.9 cm³/mol. The summed E-state index contributed by atoms with van der Waals surface area (Å²) in [6.45, 7) is 0.952. The van der Waals surface area contributed by atoms with Crippen LogP contribution in [-0.2, 0) is 6.42 Å². The molecule has 0 heterocycles. The third kappa shape index (κ3) is 3.61. The highest BCUT2D eigenvalue weighted by Gasteiger charge is 2.22. The van der Waals surface area contributed by atoms with Gasteiger partial charge in [-0.25, -0.2) is 0 Å². The monoisotopic (exact) mass is 264 g/mol. The lowest BCUT2D eigenvalue weighted by Gasteiger charge is -2.17. The molecular weight excluding hydrogens is 240 g/mol. The van der Waals surface area contributed by atoms with Crippen molar-refractivity contribution in [2.24, 2.45) is 5.73 Å². The van der Waals surface area contributed by atoms with Gasteiger partial charge in [-0.3, -0.25) is 0 Å². The Morgan fingerprint density at radius 3 is 2.63 bits per heavy atom. The molecule has 2 atom stereocenters. The van der Waals surface area contributed by atoms with Crippen LogP contribution in [0.25, 0.3) is 0 Å². The van der Waals surface area contributed by atoms with E-state index in [9.17, 15) is 0 Å². The van der Waals surface area contributed by atoms with Gasteiger partial charge in [0.25, 0.3) is 0 Å². The Bertz CT molecular complexity index is 409. The predicted octanol–water partition coefficient (Wildman–Crippen LogP) is 1.72. The molecule has 1 saturated carbocycles. The van der Waals surface area contributed by atoms with E-state index in [0.717, 1.165) is 30.9 Å². The normalized spacial score (nSPS) is 22.5. The van der Waals surface area contributed by atoms with Gasteiger partial charge in [-0.1, -0.05) is 12.5 Å². The average Bonchev–Trinajstić information content (AvgIpc) is 2.84. The van der Waals surface area contributed by atoms with Gasteiger partial charge < -0.3 is 20.5 Å². The van der Waals surface area contributed by atoms with Crippen LogP contribution in [0.1, 0.15) is 24.8 Å². The van der Waals surface area contributed by atoms with Crippen LogP contribution < -0.4 is 20.5 Å². The minimum Gasteiger partial charge on any atom is -0.493 e. The molecule has 0 saturated heterocycles. The van der Waals surface area contributed by atoms with Crippen LogP contribution >= 0.6 is 0 Å². The molecule has 4 nitrogen and oxygen atoms in total. The van der Waals surface area contributed by atoms with Gasteiger partial charge in [0.2, 0.25) is 0 Å². The zero-order chi connectivity index (χ0) is 13.7. The first kappa shape index (κ1) is 14.2. The van der Waals surface area contributed by atoms with E-state index in [-0.39, 0.29) is 0 Å². The van der Waals surface area contributed by atoms with Gasteiger partial charge in [0, 0.05) is 12.1 Å². The molecule has 0 amide bonds. The SMILES string of the molecule is COc1ccc(CCNC2CCCC2N)cc1OC. The van der Waals surface area contributed by atoms with Crippen molar-refractivity contribution in [3.8, 4) is 11.5 Å². The number of nitrogens with one attached hydrogen (secondary N) is 1. The molecule has 0 bridgehead atoms. The maximum Gasteiger partial charge on any atom is 0.160 e. The second kappa shape index (κ2) is 6.78. The van der Waals surface area contributed by atoms with Crippen LogP contribution in [-0.4, -0.2) is 32.8 Å². The second-order valence-corrected chi connectivity index (χ2v) is 5.09. The highest BCUT2D eigenvalue weighted by molar-refractivity contribution is 5.42. The molecule has 2 unspecified atom stereocenters. The van der Waals surface area contributed by atoms with E-state index in [4.69, 9.17) is 15.2 Å². The van der Waals surface area contributed by atoms with Crippen molar-refractivity contribution in [3.05, 3.63) is 23.8 Å². The fraction of sp³-hybridized carbons (Fsp3) is 0.600. The summed E-state index contributed by atoms with van der Waals surface area (Å²) < 4.78 is 10.5. The average molecular weight is 264 g/mol. The Morgan fingerprint density at radius 1 is 1.21 bits per heavy atom. The Balaban J connectivity index is 1.85. The van der Waals surface area contributed by atoms with Crippen molar-refractivity contribution in [1.82, 2.24) is 5.32 Å². The maximum atomic E-state index is 6.04. The number of hydrogen-bond acceptors (Lipinski definition) is 4. The van der Waals surface area contributed by atoms with Crippen LogP contribution in [0.3, 0.4) is 0 Å². The van der Waals surface area contributed by atoms with Crippen molar-refractivity contribution in [3.63, 3.8) is 0 Å². The van der Waals surface area contributed by atoms with E-state index in [1.54, 1.807) is 14.2 Å². The number of ether oxygens (including phenoxy) is 2. The first-order valence-electron chi connectivity index (χ1n) is 6.94. The van der Waals surface area contributed by atoms with Crippen molar-refractivity contribution in [1.29, 1.82) is 0 Å². The zero-order valence-electron chi connectivity index (χ0n) is 11.8. The first-order chi connectivity index (χ1) is 9.24. The molecule has 106 valence electrons. The van der Waals surface area contributed by atoms with Gasteiger partial charge in [-0.05, 0) is 43.5 Å². The molecular formula is C15H24N2O2. The molecule has 1 aliphatic carbocycles. The molecule has 1 fully saturated rings. The molecule has 19 heavy (non-hydrogen) atoms. The summed E-state index contributed by atoms with van der Waals surface area (Å²) in [5, 5.41) is 3.55. The van der Waals surface area contributed by atoms with E-state index in [2.05, 4.69) is 11.4 Å². The van der Waals surface area contributed by atoms with Gasteiger partial charge >= 0.3 is 0 Å². The van der Waals surface area contributed by atoms with Gasteiger partial charge in [0.1, 0.15) is 0 Å². The van der Waals surface area contributed by atoms with Crippen molar-refractivity contribution in [2.75, 3.05) is 20.8 Å². The van der Waals surface area contributed by atoms with Gasteiger partial charge in [-0.15, -0.1) is 0 Å². The Labute approximate surface area is 115 Å². The zero-order valence-corrected chi connectivity index (χ0v) is 11.8. The maximum absolute atomic E-state index is 6.04. The summed E-state index contributed by atoms with van der Waals surface area (Å²) in [7, 11) is 3.32. The summed E-state index contributed by atoms with van der Waals surface area (Å²) in [4.78, 5) is 0. The van der Waals surface area contributed by atoms with Crippen LogP contribution in [0.2, 0.25) is 0 Å². The molecule has 3 N–H and O–H groups in total. The lowest BCUT2D eigenvalue weighted by molar-refractivity contribution is 0.354. The van der Waals surface area contributed by atoms with Gasteiger partial charge in [0.05, 0.1) is 14.2 Å². The molecule has 0 aliphatic heterocycles. The lowest BCUT2D eigenvalue weighted by atomic mass is 10.1. The van der Waals surface area contributed by atoms with Crippen molar-refractivity contribution in [2.45, 2.75) is 37.8 Å². The largest absolute Gasteiger partial charge is 0.493 e. The fourth-order valence-corrected chi connectivity index (χ4v) is 2.68. The Hall–Kier alpha value is -1.26. The number of rotatable bonds is 6. The highest BCUT2D eigenvalue weighted by Crippen LogP contribution is 2.27. The number of methoxy groups -OCH3 is 2. The van der Waals surface area contributed by atoms with Crippen LogP contribution in [0.5, 0.6) is 11.5 Å². The van der Waals surface area contributed by atoms with E-state index in [1.807, 2.05) is 12.1 Å². The molecule has 0 radical (unpaired) electrons. The number of benzene rings is 1. The topological polar surface area (TPSA) is 56.5 Å². The fourth-order valence-electron chi connectivity index (χ4n) is 2.68. The Kier molecular flexibility index (Phi) is 5.05. The molecule has 2 rings (SSSR count). The van der Waals surface area contributed by atoms with Crippen LogP contribution in [0.4, 0.5) is 0 Å². The van der Waals surface area contributed by atoms with E-state index >= 15 is 0 Å². The molecule has 4 heteroatoms. The Morgan fingerprint density at radius 2 is 2.00 bits per heavy atom.